The average Bonchev–Trinajstić information content (AvgIpc) is 2.59. The summed E-state index contributed by atoms with van der Waals surface area (Å²) in [5.41, 5.74) is 0.608. The van der Waals surface area contributed by atoms with Crippen molar-refractivity contribution in [1.29, 1.82) is 0 Å². The number of aromatic nitrogens is 2. The van der Waals surface area contributed by atoms with Gasteiger partial charge in [-0.3, -0.25) is 9.48 Å². The molecule has 5 heteroatoms. The molecule has 0 aliphatic carbocycles. The molecule has 0 atom stereocenters. The molecule has 1 aromatic heterocycles. The van der Waals surface area contributed by atoms with E-state index >= 15 is 0 Å². The Hall–Kier alpha value is -1.03. The molecule has 0 fully saturated rings. The topological polar surface area (TPSA) is 38.1 Å². The largest absolute Gasteiger partial charge is 0.335 e. The Balaban J connectivity index is 2.80. The Labute approximate surface area is 94.8 Å². The number of hydrogen-bond acceptors (Lipinski definition) is 2. The van der Waals surface area contributed by atoms with E-state index in [-0.39, 0.29) is 11.9 Å². The molecule has 0 saturated heterocycles. The van der Waals surface area contributed by atoms with Gasteiger partial charge in [0.1, 0.15) is 0 Å². The smallest absolute Gasteiger partial charge is 0.257 e. The fourth-order valence-electron chi connectivity index (χ4n) is 1.38. The molecule has 0 N–H and O–H groups in total. The van der Waals surface area contributed by atoms with Crippen LogP contribution in [-0.4, -0.2) is 39.1 Å². The second kappa shape index (κ2) is 5.16. The lowest BCUT2D eigenvalue weighted by atomic mass is 10.2. The first-order chi connectivity index (χ1) is 7.06. The van der Waals surface area contributed by atoms with E-state index in [1.807, 2.05) is 13.8 Å². The number of rotatable bonds is 4. The van der Waals surface area contributed by atoms with E-state index < -0.39 is 0 Å². The molecule has 0 radical (unpaired) electrons. The van der Waals surface area contributed by atoms with Crippen LogP contribution in [0.3, 0.4) is 0 Å². The first kappa shape index (κ1) is 12.0. The third kappa shape index (κ3) is 2.96. The molecule has 0 unspecified atom stereocenters. The summed E-state index contributed by atoms with van der Waals surface area (Å²) >= 11 is 5.66. The fraction of sp³-hybridized carbons (Fsp3) is 0.600. The van der Waals surface area contributed by atoms with Gasteiger partial charge in [0.2, 0.25) is 0 Å². The van der Waals surface area contributed by atoms with Crippen LogP contribution in [0.1, 0.15) is 24.2 Å². The number of halogens is 1. The van der Waals surface area contributed by atoms with Crippen molar-refractivity contribution in [3.05, 3.63) is 18.0 Å². The van der Waals surface area contributed by atoms with Gasteiger partial charge < -0.3 is 4.90 Å². The van der Waals surface area contributed by atoms with E-state index in [1.165, 1.54) is 0 Å². The highest BCUT2D eigenvalue weighted by Gasteiger charge is 2.18. The van der Waals surface area contributed by atoms with Gasteiger partial charge in [-0.15, -0.1) is 11.6 Å². The highest BCUT2D eigenvalue weighted by Crippen LogP contribution is 2.07. The molecule has 1 aromatic rings. The van der Waals surface area contributed by atoms with Crippen molar-refractivity contribution in [3.63, 3.8) is 0 Å². The van der Waals surface area contributed by atoms with Gasteiger partial charge >= 0.3 is 0 Å². The van der Waals surface area contributed by atoms with Gasteiger partial charge in [-0.25, -0.2) is 0 Å². The summed E-state index contributed by atoms with van der Waals surface area (Å²) in [7, 11) is 1.79. The molecule has 0 saturated carbocycles. The van der Waals surface area contributed by atoms with Gasteiger partial charge in [0.25, 0.3) is 5.91 Å². The maximum atomic E-state index is 12.0. The van der Waals surface area contributed by atoms with Gasteiger partial charge in [-0.05, 0) is 13.8 Å². The highest BCUT2D eigenvalue weighted by molar-refractivity contribution is 6.18. The van der Waals surface area contributed by atoms with Crippen LogP contribution in [0.4, 0.5) is 0 Å². The zero-order valence-corrected chi connectivity index (χ0v) is 10.0. The molecule has 0 aliphatic rings. The normalized spacial score (nSPS) is 10.7. The van der Waals surface area contributed by atoms with E-state index in [1.54, 1.807) is 29.0 Å². The SMILES string of the molecule is CC(C)N(CCCl)C(=O)c1cnn(C)c1. The van der Waals surface area contributed by atoms with Gasteiger partial charge in [0.05, 0.1) is 11.8 Å². The van der Waals surface area contributed by atoms with E-state index in [0.29, 0.717) is 18.0 Å². The van der Waals surface area contributed by atoms with E-state index in [9.17, 15) is 4.79 Å². The van der Waals surface area contributed by atoms with Crippen molar-refractivity contribution >= 4 is 17.5 Å². The molecule has 0 spiro atoms. The third-order valence-electron chi connectivity index (χ3n) is 2.16. The first-order valence-corrected chi connectivity index (χ1v) is 5.45. The maximum absolute atomic E-state index is 12.0. The minimum Gasteiger partial charge on any atom is -0.335 e. The van der Waals surface area contributed by atoms with Crippen molar-refractivity contribution in [2.45, 2.75) is 19.9 Å². The van der Waals surface area contributed by atoms with E-state index in [4.69, 9.17) is 11.6 Å². The summed E-state index contributed by atoms with van der Waals surface area (Å²) in [6.07, 6.45) is 3.29. The monoisotopic (exact) mass is 229 g/mol. The Bertz CT molecular complexity index is 335. The van der Waals surface area contributed by atoms with Crippen molar-refractivity contribution in [1.82, 2.24) is 14.7 Å². The molecule has 1 heterocycles. The molecule has 0 bridgehead atoms. The van der Waals surface area contributed by atoms with E-state index in [0.717, 1.165) is 0 Å². The van der Waals surface area contributed by atoms with Crippen molar-refractivity contribution in [3.8, 4) is 0 Å². The summed E-state index contributed by atoms with van der Waals surface area (Å²) < 4.78 is 1.62. The predicted octanol–water partition coefficient (Wildman–Crippen LogP) is 1.51. The molecule has 0 aliphatic heterocycles. The Kier molecular flexibility index (Phi) is 4.15. The average molecular weight is 230 g/mol. The number of hydrogen-bond donors (Lipinski definition) is 0. The highest BCUT2D eigenvalue weighted by atomic mass is 35.5. The van der Waals surface area contributed by atoms with Crippen molar-refractivity contribution < 1.29 is 4.79 Å². The summed E-state index contributed by atoms with van der Waals surface area (Å²) in [6, 6.07) is 0.149. The summed E-state index contributed by atoms with van der Waals surface area (Å²) in [4.78, 5) is 13.7. The molecular weight excluding hydrogens is 214 g/mol. The molecule has 1 rings (SSSR count). The molecule has 1 amide bonds. The van der Waals surface area contributed by atoms with Crippen LogP contribution in [0.2, 0.25) is 0 Å². The zero-order valence-electron chi connectivity index (χ0n) is 9.27. The van der Waals surface area contributed by atoms with Gasteiger partial charge in [0, 0.05) is 31.7 Å². The molecule has 84 valence electrons. The minimum atomic E-state index is -0.0150. The van der Waals surface area contributed by atoms with Crippen LogP contribution in [-0.2, 0) is 7.05 Å². The van der Waals surface area contributed by atoms with Crippen LogP contribution >= 0.6 is 11.6 Å². The van der Waals surface area contributed by atoms with Crippen LogP contribution in [0.25, 0.3) is 0 Å². The van der Waals surface area contributed by atoms with Crippen LogP contribution < -0.4 is 0 Å². The van der Waals surface area contributed by atoms with Gasteiger partial charge in [0.15, 0.2) is 0 Å². The number of carbonyl (C=O) groups is 1. The second-order valence-electron chi connectivity index (χ2n) is 3.68. The lowest BCUT2D eigenvalue weighted by molar-refractivity contribution is 0.0718. The van der Waals surface area contributed by atoms with Gasteiger partial charge in [-0.1, -0.05) is 0 Å². The van der Waals surface area contributed by atoms with Crippen LogP contribution in [0, 0.1) is 0 Å². The number of alkyl halides is 1. The third-order valence-corrected chi connectivity index (χ3v) is 2.33. The predicted molar refractivity (Wildman–Crippen MR) is 60.1 cm³/mol. The van der Waals surface area contributed by atoms with Crippen molar-refractivity contribution in [2.75, 3.05) is 12.4 Å². The molecular formula is C10H16ClN3O. The van der Waals surface area contributed by atoms with Crippen molar-refractivity contribution in [2.24, 2.45) is 7.05 Å². The standard InChI is InChI=1S/C10H16ClN3O/c1-8(2)14(5-4-11)10(15)9-6-12-13(3)7-9/h6-8H,4-5H2,1-3H3. The fourth-order valence-corrected chi connectivity index (χ4v) is 1.56. The Morgan fingerprint density at radius 2 is 2.33 bits per heavy atom. The van der Waals surface area contributed by atoms with Crippen LogP contribution in [0.5, 0.6) is 0 Å². The Morgan fingerprint density at radius 1 is 1.67 bits per heavy atom. The number of carbonyl (C=O) groups excluding carboxylic acids is 1. The van der Waals surface area contributed by atoms with Gasteiger partial charge in [-0.2, -0.15) is 5.10 Å². The minimum absolute atomic E-state index is 0.0150. The molecule has 0 aromatic carbocycles. The zero-order chi connectivity index (χ0) is 11.4. The summed E-state index contributed by atoms with van der Waals surface area (Å²) in [5.74, 6) is 0.434. The second-order valence-corrected chi connectivity index (χ2v) is 4.06. The lowest BCUT2D eigenvalue weighted by Gasteiger charge is -2.25. The summed E-state index contributed by atoms with van der Waals surface area (Å²) in [5, 5.41) is 3.98. The number of aryl methyl sites for hydroxylation is 1. The lowest BCUT2D eigenvalue weighted by Crippen LogP contribution is -2.38. The Morgan fingerprint density at radius 3 is 2.73 bits per heavy atom. The van der Waals surface area contributed by atoms with Crippen LogP contribution in [0.15, 0.2) is 12.4 Å². The first-order valence-electron chi connectivity index (χ1n) is 4.92. The summed E-state index contributed by atoms with van der Waals surface area (Å²) in [6.45, 7) is 4.51. The molecule has 15 heavy (non-hydrogen) atoms. The maximum Gasteiger partial charge on any atom is 0.257 e. The quantitative estimate of drug-likeness (QED) is 0.735. The van der Waals surface area contributed by atoms with E-state index in [2.05, 4.69) is 5.10 Å². The molecule has 4 nitrogen and oxygen atoms in total. The number of amides is 1. The number of nitrogens with zero attached hydrogens (tertiary/aromatic N) is 3.